The van der Waals surface area contributed by atoms with Crippen LogP contribution in [0.25, 0.3) is 10.9 Å². The minimum absolute atomic E-state index is 0.137. The predicted molar refractivity (Wildman–Crippen MR) is 72.6 cm³/mol. The predicted octanol–water partition coefficient (Wildman–Crippen LogP) is 3.18. The van der Waals surface area contributed by atoms with Crippen LogP contribution < -0.4 is 0 Å². The van der Waals surface area contributed by atoms with Gasteiger partial charge in [-0.05, 0) is 36.4 Å². The normalized spacial score (nSPS) is 16.3. The van der Waals surface area contributed by atoms with Gasteiger partial charge in [-0.1, -0.05) is 18.9 Å². The zero-order valence-electron chi connectivity index (χ0n) is 10.6. The summed E-state index contributed by atoms with van der Waals surface area (Å²) in [4.78, 5) is 17.5. The Morgan fingerprint density at radius 2 is 2.06 bits per heavy atom. The maximum Gasteiger partial charge on any atom is 0.253 e. The van der Waals surface area contributed by atoms with E-state index in [1.807, 2.05) is 42.4 Å². The molecule has 0 aliphatic heterocycles. The highest BCUT2D eigenvalue weighted by Gasteiger charge is 2.24. The van der Waals surface area contributed by atoms with Gasteiger partial charge in [-0.25, -0.2) is 0 Å². The number of benzene rings is 1. The number of nitrogens with zero attached hydrogens (tertiary/aromatic N) is 1. The maximum atomic E-state index is 12.4. The van der Waals surface area contributed by atoms with E-state index < -0.39 is 0 Å². The van der Waals surface area contributed by atoms with Gasteiger partial charge in [-0.15, -0.1) is 0 Å². The van der Waals surface area contributed by atoms with E-state index in [2.05, 4.69) is 4.98 Å². The van der Waals surface area contributed by atoms with E-state index in [9.17, 15) is 4.79 Å². The Labute approximate surface area is 107 Å². The van der Waals surface area contributed by atoms with Crippen LogP contribution in [0.4, 0.5) is 0 Å². The molecule has 3 rings (SSSR count). The molecule has 0 atom stereocenters. The number of carbonyl (C=O) groups is 1. The Morgan fingerprint density at radius 1 is 1.28 bits per heavy atom. The second-order valence-electron chi connectivity index (χ2n) is 5.13. The first kappa shape index (κ1) is 11.3. The first-order valence-electron chi connectivity index (χ1n) is 6.60. The zero-order chi connectivity index (χ0) is 12.5. The van der Waals surface area contributed by atoms with Crippen LogP contribution in [0.2, 0.25) is 0 Å². The number of aromatic amines is 1. The Hall–Kier alpha value is -1.77. The van der Waals surface area contributed by atoms with Crippen molar-refractivity contribution in [2.24, 2.45) is 0 Å². The minimum atomic E-state index is 0.137. The van der Waals surface area contributed by atoms with Crippen molar-refractivity contribution in [1.29, 1.82) is 0 Å². The SMILES string of the molecule is CN(C(=O)c1ccc2cc[nH]c2c1)C1CCCC1. The van der Waals surface area contributed by atoms with Crippen LogP contribution in [-0.2, 0) is 0 Å². The van der Waals surface area contributed by atoms with Gasteiger partial charge in [0.15, 0.2) is 0 Å². The monoisotopic (exact) mass is 242 g/mol. The fourth-order valence-corrected chi connectivity index (χ4v) is 2.84. The highest BCUT2D eigenvalue weighted by molar-refractivity contribution is 5.97. The third kappa shape index (κ3) is 1.90. The van der Waals surface area contributed by atoms with Crippen molar-refractivity contribution >= 4 is 16.8 Å². The lowest BCUT2D eigenvalue weighted by molar-refractivity contribution is 0.0735. The summed E-state index contributed by atoms with van der Waals surface area (Å²) in [6.07, 6.45) is 6.69. The summed E-state index contributed by atoms with van der Waals surface area (Å²) in [6, 6.07) is 8.32. The molecule has 1 saturated carbocycles. The van der Waals surface area contributed by atoms with E-state index in [1.54, 1.807) is 0 Å². The molecule has 3 heteroatoms. The second kappa shape index (κ2) is 4.48. The van der Waals surface area contributed by atoms with Gasteiger partial charge in [0, 0.05) is 30.4 Å². The summed E-state index contributed by atoms with van der Waals surface area (Å²) in [5.74, 6) is 0.137. The number of fused-ring (bicyclic) bond motifs is 1. The quantitative estimate of drug-likeness (QED) is 0.862. The molecule has 1 heterocycles. The molecule has 0 unspecified atom stereocenters. The van der Waals surface area contributed by atoms with Crippen molar-refractivity contribution in [3.63, 3.8) is 0 Å². The number of carbonyl (C=O) groups excluding carboxylic acids is 1. The van der Waals surface area contributed by atoms with E-state index in [1.165, 1.54) is 12.8 Å². The highest BCUT2D eigenvalue weighted by atomic mass is 16.2. The Bertz CT molecular complexity index is 567. The molecule has 1 aromatic carbocycles. The van der Waals surface area contributed by atoms with Crippen molar-refractivity contribution in [2.75, 3.05) is 7.05 Å². The third-order valence-corrected chi connectivity index (χ3v) is 3.99. The number of nitrogens with one attached hydrogen (secondary N) is 1. The van der Waals surface area contributed by atoms with Crippen molar-refractivity contribution in [2.45, 2.75) is 31.7 Å². The zero-order valence-corrected chi connectivity index (χ0v) is 10.6. The number of H-pyrrole nitrogens is 1. The lowest BCUT2D eigenvalue weighted by Gasteiger charge is -2.24. The van der Waals surface area contributed by atoms with Gasteiger partial charge in [0.25, 0.3) is 5.91 Å². The topological polar surface area (TPSA) is 36.1 Å². The van der Waals surface area contributed by atoms with E-state index >= 15 is 0 Å². The fourth-order valence-electron chi connectivity index (χ4n) is 2.84. The van der Waals surface area contributed by atoms with Crippen LogP contribution in [0.5, 0.6) is 0 Å². The van der Waals surface area contributed by atoms with Crippen molar-refractivity contribution < 1.29 is 4.79 Å². The second-order valence-corrected chi connectivity index (χ2v) is 5.13. The lowest BCUT2D eigenvalue weighted by atomic mass is 10.1. The average molecular weight is 242 g/mol. The molecule has 0 bridgehead atoms. The van der Waals surface area contributed by atoms with Crippen LogP contribution >= 0.6 is 0 Å². The molecule has 2 aromatic rings. The molecule has 1 N–H and O–H groups in total. The number of hydrogen-bond donors (Lipinski definition) is 1. The van der Waals surface area contributed by atoms with Crippen molar-refractivity contribution in [1.82, 2.24) is 9.88 Å². The molecule has 1 aliphatic rings. The van der Waals surface area contributed by atoms with E-state index in [0.717, 1.165) is 29.3 Å². The third-order valence-electron chi connectivity index (χ3n) is 3.99. The Morgan fingerprint density at radius 3 is 2.83 bits per heavy atom. The van der Waals surface area contributed by atoms with Crippen LogP contribution in [0.1, 0.15) is 36.0 Å². The summed E-state index contributed by atoms with van der Waals surface area (Å²) in [7, 11) is 1.93. The lowest BCUT2D eigenvalue weighted by Crippen LogP contribution is -2.35. The summed E-state index contributed by atoms with van der Waals surface area (Å²) >= 11 is 0. The van der Waals surface area contributed by atoms with Gasteiger partial charge in [-0.2, -0.15) is 0 Å². The molecule has 1 fully saturated rings. The van der Waals surface area contributed by atoms with Crippen molar-refractivity contribution in [3.05, 3.63) is 36.0 Å². The summed E-state index contributed by atoms with van der Waals surface area (Å²) in [5.41, 5.74) is 1.81. The van der Waals surface area contributed by atoms with E-state index in [0.29, 0.717) is 6.04 Å². The molecular formula is C15H18N2O. The molecule has 0 spiro atoms. The van der Waals surface area contributed by atoms with Crippen LogP contribution in [0, 0.1) is 0 Å². The van der Waals surface area contributed by atoms with Crippen LogP contribution in [0.15, 0.2) is 30.5 Å². The molecule has 0 radical (unpaired) electrons. The molecule has 1 aliphatic carbocycles. The largest absolute Gasteiger partial charge is 0.361 e. The van der Waals surface area contributed by atoms with Crippen LogP contribution in [0.3, 0.4) is 0 Å². The first-order valence-corrected chi connectivity index (χ1v) is 6.60. The van der Waals surface area contributed by atoms with Gasteiger partial charge in [-0.3, -0.25) is 4.79 Å². The Kier molecular flexibility index (Phi) is 2.82. The van der Waals surface area contributed by atoms with Gasteiger partial charge in [0.05, 0.1) is 0 Å². The summed E-state index contributed by atoms with van der Waals surface area (Å²) < 4.78 is 0. The highest BCUT2D eigenvalue weighted by Crippen LogP contribution is 2.24. The van der Waals surface area contributed by atoms with Gasteiger partial charge >= 0.3 is 0 Å². The van der Waals surface area contributed by atoms with Crippen LogP contribution in [-0.4, -0.2) is 28.9 Å². The smallest absolute Gasteiger partial charge is 0.253 e. The number of hydrogen-bond acceptors (Lipinski definition) is 1. The summed E-state index contributed by atoms with van der Waals surface area (Å²) in [6.45, 7) is 0. The summed E-state index contributed by atoms with van der Waals surface area (Å²) in [5, 5.41) is 1.15. The fraction of sp³-hybridized carbons (Fsp3) is 0.400. The van der Waals surface area contributed by atoms with Crippen molar-refractivity contribution in [3.8, 4) is 0 Å². The molecule has 18 heavy (non-hydrogen) atoms. The Balaban J connectivity index is 1.86. The number of rotatable bonds is 2. The van der Waals surface area contributed by atoms with E-state index in [-0.39, 0.29) is 5.91 Å². The minimum Gasteiger partial charge on any atom is -0.361 e. The maximum absolute atomic E-state index is 12.4. The molecule has 1 amide bonds. The molecule has 0 saturated heterocycles. The first-order chi connectivity index (χ1) is 8.75. The number of amides is 1. The molecule has 1 aromatic heterocycles. The molecule has 3 nitrogen and oxygen atoms in total. The standard InChI is InChI=1S/C15H18N2O/c1-17(13-4-2-3-5-13)15(18)12-7-6-11-8-9-16-14(11)10-12/h6-10,13,16H,2-5H2,1H3. The molecule has 94 valence electrons. The molecular weight excluding hydrogens is 224 g/mol. The average Bonchev–Trinajstić information content (AvgIpc) is 3.06. The van der Waals surface area contributed by atoms with E-state index in [4.69, 9.17) is 0 Å². The van der Waals surface area contributed by atoms with Gasteiger partial charge < -0.3 is 9.88 Å². The van der Waals surface area contributed by atoms with Gasteiger partial charge in [0.1, 0.15) is 0 Å². The van der Waals surface area contributed by atoms with Gasteiger partial charge in [0.2, 0.25) is 0 Å². The number of aromatic nitrogens is 1.